The van der Waals surface area contributed by atoms with E-state index in [-0.39, 0.29) is 18.6 Å². The number of fused-ring (bicyclic) bond motifs is 2. The van der Waals surface area contributed by atoms with Gasteiger partial charge in [0.1, 0.15) is 5.52 Å². The topological polar surface area (TPSA) is 68.8 Å². The van der Waals surface area contributed by atoms with Gasteiger partial charge in [0.05, 0.1) is 35.7 Å². The number of para-hydroxylation sites is 3. The van der Waals surface area contributed by atoms with Crippen molar-refractivity contribution in [3.8, 4) is 0 Å². The van der Waals surface area contributed by atoms with Crippen molar-refractivity contribution in [2.24, 2.45) is 0 Å². The zero-order valence-corrected chi connectivity index (χ0v) is 13.4. The van der Waals surface area contributed by atoms with Crippen molar-refractivity contribution in [1.29, 1.82) is 0 Å². The van der Waals surface area contributed by atoms with E-state index in [1.165, 1.54) is 10.7 Å². The molecule has 0 bridgehead atoms. The lowest BCUT2D eigenvalue weighted by atomic mass is 10.3. The Morgan fingerprint density at radius 1 is 0.923 bits per heavy atom. The first-order valence-electron chi connectivity index (χ1n) is 7.92. The van der Waals surface area contributed by atoms with Crippen LogP contribution in [-0.4, -0.2) is 35.8 Å². The highest BCUT2D eigenvalue weighted by atomic mass is 19.4. The third-order valence-corrected chi connectivity index (χ3v) is 4.11. The van der Waals surface area contributed by atoms with E-state index in [1.54, 1.807) is 36.4 Å². The van der Waals surface area contributed by atoms with Crippen LogP contribution in [0.4, 0.5) is 13.2 Å². The minimum atomic E-state index is -4.61. The number of alkyl halides is 3. The van der Waals surface area contributed by atoms with Gasteiger partial charge >= 0.3 is 6.18 Å². The lowest BCUT2D eigenvalue weighted by Gasteiger charge is -2.16. The second kappa shape index (κ2) is 6.10. The smallest absolute Gasteiger partial charge is 0.389 e. The van der Waals surface area contributed by atoms with Gasteiger partial charge in [0.2, 0.25) is 5.82 Å². The van der Waals surface area contributed by atoms with Gasteiger partial charge in [-0.25, -0.2) is 9.67 Å². The highest BCUT2D eigenvalue weighted by Crippen LogP contribution is 2.31. The van der Waals surface area contributed by atoms with Crippen molar-refractivity contribution in [3.63, 3.8) is 0 Å². The van der Waals surface area contributed by atoms with Crippen molar-refractivity contribution in [3.05, 3.63) is 54.4 Å². The minimum absolute atomic E-state index is 0.0182. The Labute approximate surface area is 145 Å². The van der Waals surface area contributed by atoms with E-state index >= 15 is 0 Å². The Kier molecular flexibility index (Phi) is 3.87. The van der Waals surface area contributed by atoms with Gasteiger partial charge in [-0.05, 0) is 24.3 Å². The maximum Gasteiger partial charge on any atom is 0.449 e. The molecule has 0 aliphatic rings. The second-order valence-electron chi connectivity index (χ2n) is 5.95. The number of halogens is 3. The standard InChI is InChI=1S/C17H14F3N5O/c18-17(19,20)16-21-12-5-1-3-7-14(12)24(16)9-11(26)10-25-15-8-4-2-6-13(15)22-23-25/h1-8,11,26H,9-10H2/t11-/m1/s1. The quantitative estimate of drug-likeness (QED) is 0.607. The molecule has 1 atom stereocenters. The third-order valence-electron chi connectivity index (χ3n) is 4.11. The third kappa shape index (κ3) is 2.90. The molecule has 0 aliphatic carbocycles. The average molecular weight is 361 g/mol. The second-order valence-corrected chi connectivity index (χ2v) is 5.95. The minimum Gasteiger partial charge on any atom is -0.389 e. The Morgan fingerprint density at radius 3 is 2.31 bits per heavy atom. The Hall–Kier alpha value is -2.94. The number of hydrogen-bond donors (Lipinski definition) is 1. The van der Waals surface area contributed by atoms with Gasteiger partial charge in [-0.2, -0.15) is 13.2 Å². The zero-order chi connectivity index (χ0) is 18.3. The number of aliphatic hydroxyl groups is 1. The van der Waals surface area contributed by atoms with Gasteiger partial charge in [-0.15, -0.1) is 5.10 Å². The molecule has 0 unspecified atom stereocenters. The van der Waals surface area contributed by atoms with Gasteiger partial charge in [-0.3, -0.25) is 0 Å². The van der Waals surface area contributed by atoms with Crippen LogP contribution in [0.3, 0.4) is 0 Å². The summed E-state index contributed by atoms with van der Waals surface area (Å²) in [6, 6.07) is 13.5. The fourth-order valence-electron chi connectivity index (χ4n) is 3.00. The Balaban J connectivity index is 1.66. The molecular weight excluding hydrogens is 347 g/mol. The predicted octanol–water partition coefficient (Wildman–Crippen LogP) is 2.86. The van der Waals surface area contributed by atoms with Gasteiger partial charge < -0.3 is 9.67 Å². The number of hydrogen-bond acceptors (Lipinski definition) is 4. The molecule has 0 fully saturated rings. The molecule has 0 saturated carbocycles. The van der Waals surface area contributed by atoms with Crippen molar-refractivity contribution in [2.45, 2.75) is 25.4 Å². The highest BCUT2D eigenvalue weighted by molar-refractivity contribution is 5.76. The first-order valence-corrected chi connectivity index (χ1v) is 7.92. The highest BCUT2D eigenvalue weighted by Gasteiger charge is 2.38. The summed E-state index contributed by atoms with van der Waals surface area (Å²) in [7, 11) is 0. The summed E-state index contributed by atoms with van der Waals surface area (Å²) in [4.78, 5) is 3.68. The Bertz CT molecular complexity index is 1070. The Morgan fingerprint density at radius 2 is 1.58 bits per heavy atom. The van der Waals surface area contributed by atoms with Crippen LogP contribution in [-0.2, 0) is 19.3 Å². The summed E-state index contributed by atoms with van der Waals surface area (Å²) < 4.78 is 42.5. The fraction of sp³-hybridized carbons (Fsp3) is 0.235. The number of rotatable bonds is 4. The number of benzene rings is 2. The molecule has 4 aromatic rings. The molecule has 26 heavy (non-hydrogen) atoms. The van der Waals surface area contributed by atoms with Gasteiger partial charge in [0, 0.05) is 0 Å². The van der Waals surface area contributed by atoms with Crippen LogP contribution < -0.4 is 0 Å². The van der Waals surface area contributed by atoms with Gasteiger partial charge in [0.25, 0.3) is 0 Å². The molecule has 2 aromatic carbocycles. The lowest BCUT2D eigenvalue weighted by Crippen LogP contribution is -2.26. The molecule has 0 spiro atoms. The molecule has 2 aromatic heterocycles. The van der Waals surface area contributed by atoms with Crippen molar-refractivity contribution >= 4 is 22.1 Å². The molecule has 1 N–H and O–H groups in total. The van der Waals surface area contributed by atoms with Crippen molar-refractivity contribution < 1.29 is 18.3 Å². The molecular formula is C17H14F3N5O. The predicted molar refractivity (Wildman–Crippen MR) is 88.3 cm³/mol. The van der Waals surface area contributed by atoms with E-state index in [0.717, 1.165) is 4.57 Å². The van der Waals surface area contributed by atoms with E-state index in [0.29, 0.717) is 16.6 Å². The normalized spacial score (nSPS) is 13.5. The SMILES string of the molecule is O[C@@H](Cn1nnc2ccccc21)Cn1c(C(F)(F)F)nc2ccccc21. The number of aliphatic hydroxyl groups excluding tert-OH is 1. The van der Waals surface area contributed by atoms with E-state index < -0.39 is 18.1 Å². The van der Waals surface area contributed by atoms with Crippen LogP contribution in [0.2, 0.25) is 0 Å². The lowest BCUT2D eigenvalue weighted by molar-refractivity contribution is -0.147. The maximum atomic E-state index is 13.3. The van der Waals surface area contributed by atoms with Gasteiger partial charge in [0.15, 0.2) is 0 Å². The summed E-state index contributed by atoms with van der Waals surface area (Å²) in [5, 5.41) is 18.3. The van der Waals surface area contributed by atoms with E-state index in [1.807, 2.05) is 6.07 Å². The maximum absolute atomic E-state index is 13.3. The van der Waals surface area contributed by atoms with Crippen LogP contribution in [0, 0.1) is 0 Å². The average Bonchev–Trinajstić information content (AvgIpc) is 3.17. The van der Waals surface area contributed by atoms with Gasteiger partial charge in [-0.1, -0.05) is 29.5 Å². The monoisotopic (exact) mass is 361 g/mol. The fourth-order valence-corrected chi connectivity index (χ4v) is 3.00. The summed E-state index contributed by atoms with van der Waals surface area (Å²) in [6.45, 7) is -0.242. The first kappa shape index (κ1) is 16.5. The molecule has 0 radical (unpaired) electrons. The summed E-state index contributed by atoms with van der Waals surface area (Å²) in [6.07, 6.45) is -5.71. The van der Waals surface area contributed by atoms with Crippen molar-refractivity contribution in [2.75, 3.05) is 0 Å². The van der Waals surface area contributed by atoms with Crippen LogP contribution in [0.5, 0.6) is 0 Å². The molecule has 0 aliphatic heterocycles. The summed E-state index contributed by atoms with van der Waals surface area (Å²) in [5.74, 6) is -1.03. The van der Waals surface area contributed by atoms with E-state index in [9.17, 15) is 18.3 Å². The number of imidazole rings is 1. The van der Waals surface area contributed by atoms with Crippen LogP contribution in [0.15, 0.2) is 48.5 Å². The molecule has 2 heterocycles. The van der Waals surface area contributed by atoms with Crippen LogP contribution in [0.1, 0.15) is 5.82 Å². The zero-order valence-electron chi connectivity index (χ0n) is 13.4. The van der Waals surface area contributed by atoms with Crippen LogP contribution in [0.25, 0.3) is 22.1 Å². The van der Waals surface area contributed by atoms with E-state index in [4.69, 9.17) is 0 Å². The van der Waals surface area contributed by atoms with E-state index in [2.05, 4.69) is 15.3 Å². The molecule has 6 nitrogen and oxygen atoms in total. The molecule has 4 rings (SSSR count). The molecule has 0 saturated heterocycles. The summed E-state index contributed by atoms with van der Waals surface area (Å²) in [5.41, 5.74) is 1.92. The van der Waals surface area contributed by atoms with Crippen LogP contribution >= 0.6 is 0 Å². The molecule has 134 valence electrons. The van der Waals surface area contributed by atoms with Crippen molar-refractivity contribution in [1.82, 2.24) is 24.5 Å². The number of aromatic nitrogens is 5. The number of nitrogens with zero attached hydrogens (tertiary/aromatic N) is 5. The summed E-state index contributed by atoms with van der Waals surface area (Å²) >= 11 is 0. The molecule has 9 heteroatoms. The molecule has 0 amide bonds. The largest absolute Gasteiger partial charge is 0.449 e. The first-order chi connectivity index (χ1) is 12.4.